The van der Waals surface area contributed by atoms with Crippen molar-refractivity contribution in [3.63, 3.8) is 0 Å². The Kier molecular flexibility index (Phi) is 7.92. The second kappa shape index (κ2) is 11.1. The fourth-order valence-electron chi connectivity index (χ4n) is 4.12. The summed E-state index contributed by atoms with van der Waals surface area (Å²) in [5.74, 6) is -0.501. The molecule has 0 saturated carbocycles. The number of rotatable bonds is 8. The van der Waals surface area contributed by atoms with Gasteiger partial charge < -0.3 is 15.2 Å². The van der Waals surface area contributed by atoms with Gasteiger partial charge in [0.05, 0.1) is 11.3 Å². The summed E-state index contributed by atoms with van der Waals surface area (Å²) in [6.45, 7) is 4.86. The van der Waals surface area contributed by atoms with Gasteiger partial charge in [-0.3, -0.25) is 9.59 Å². The van der Waals surface area contributed by atoms with Gasteiger partial charge in [-0.05, 0) is 50.2 Å². The van der Waals surface area contributed by atoms with Crippen molar-refractivity contribution in [1.82, 2.24) is 9.88 Å². The molecule has 1 aromatic heterocycles. The maximum Gasteiger partial charge on any atom is 0.416 e. The number of hydrogen-bond donors (Lipinski definition) is 2. The second-order valence-corrected chi connectivity index (χ2v) is 9.77. The molecule has 9 heteroatoms. The fourth-order valence-corrected chi connectivity index (χ4v) is 5.01. The van der Waals surface area contributed by atoms with Crippen LogP contribution < -0.4 is 10.6 Å². The number of nitrogens with zero attached hydrogens (tertiary/aromatic N) is 1. The highest BCUT2D eigenvalue weighted by Crippen LogP contribution is 2.32. The lowest BCUT2D eigenvalue weighted by Gasteiger charge is -2.09. The lowest BCUT2D eigenvalue weighted by atomic mass is 10.1. The van der Waals surface area contributed by atoms with Gasteiger partial charge in [-0.25, -0.2) is 0 Å². The number of anilines is 1. The number of aromatic nitrogens is 1. The van der Waals surface area contributed by atoms with Crippen LogP contribution in [0.4, 0.5) is 18.9 Å². The van der Waals surface area contributed by atoms with Crippen LogP contribution in [-0.2, 0) is 17.5 Å². The summed E-state index contributed by atoms with van der Waals surface area (Å²) in [6, 6.07) is 18.0. The molecule has 4 aromatic rings. The van der Waals surface area contributed by atoms with Gasteiger partial charge in [-0.2, -0.15) is 13.2 Å². The van der Waals surface area contributed by atoms with Gasteiger partial charge in [-0.15, -0.1) is 11.8 Å². The smallest absolute Gasteiger partial charge is 0.350 e. The molecule has 4 rings (SSSR count). The van der Waals surface area contributed by atoms with E-state index in [1.807, 2.05) is 67.1 Å². The topological polar surface area (TPSA) is 63.1 Å². The molecule has 37 heavy (non-hydrogen) atoms. The van der Waals surface area contributed by atoms with Crippen molar-refractivity contribution in [3.05, 3.63) is 95.2 Å². The molecule has 0 aliphatic rings. The average Bonchev–Trinajstić information content (AvgIpc) is 3.19. The quantitative estimate of drug-likeness (QED) is 0.260. The highest BCUT2D eigenvalue weighted by molar-refractivity contribution is 8.00. The van der Waals surface area contributed by atoms with Crippen LogP contribution in [0, 0.1) is 13.8 Å². The Labute approximate surface area is 217 Å². The van der Waals surface area contributed by atoms with E-state index in [1.54, 1.807) is 0 Å². The molecule has 1 heterocycles. The van der Waals surface area contributed by atoms with E-state index in [0.29, 0.717) is 18.7 Å². The SMILES string of the molecule is Cc1cc(C)cc(C(=O)NCCn2cc(SCC(=O)Nc3cccc(C(F)(F)F)c3)c3ccccc32)c1. The number of amides is 2. The summed E-state index contributed by atoms with van der Waals surface area (Å²) in [6.07, 6.45) is -2.55. The fraction of sp³-hybridized carbons (Fsp3) is 0.214. The first-order chi connectivity index (χ1) is 17.6. The number of halogens is 3. The summed E-state index contributed by atoms with van der Waals surface area (Å²) >= 11 is 1.31. The number of para-hydroxylation sites is 1. The van der Waals surface area contributed by atoms with Gasteiger partial charge >= 0.3 is 6.18 Å². The third kappa shape index (κ3) is 6.74. The van der Waals surface area contributed by atoms with Crippen LogP contribution in [0.5, 0.6) is 0 Å². The molecule has 0 fully saturated rings. The Morgan fingerprint density at radius 1 is 0.946 bits per heavy atom. The number of carbonyl (C=O) groups is 2. The maximum absolute atomic E-state index is 12.9. The van der Waals surface area contributed by atoms with E-state index in [1.165, 1.54) is 23.9 Å². The molecular weight excluding hydrogens is 499 g/mol. The predicted molar refractivity (Wildman–Crippen MR) is 141 cm³/mol. The van der Waals surface area contributed by atoms with E-state index >= 15 is 0 Å². The van der Waals surface area contributed by atoms with Gasteiger partial charge in [0.2, 0.25) is 5.91 Å². The van der Waals surface area contributed by atoms with E-state index in [-0.39, 0.29) is 17.3 Å². The zero-order chi connectivity index (χ0) is 26.6. The number of fused-ring (bicyclic) bond motifs is 1. The molecule has 0 bridgehead atoms. The number of aryl methyl sites for hydroxylation is 2. The Hall–Kier alpha value is -3.72. The van der Waals surface area contributed by atoms with Crippen molar-refractivity contribution in [3.8, 4) is 0 Å². The van der Waals surface area contributed by atoms with Crippen LogP contribution >= 0.6 is 11.8 Å². The number of carbonyl (C=O) groups excluding carboxylic acids is 2. The van der Waals surface area contributed by atoms with Gasteiger partial charge in [0, 0.05) is 46.3 Å². The Morgan fingerprint density at radius 3 is 2.41 bits per heavy atom. The molecule has 5 nitrogen and oxygen atoms in total. The summed E-state index contributed by atoms with van der Waals surface area (Å²) in [7, 11) is 0. The Morgan fingerprint density at radius 2 is 1.68 bits per heavy atom. The van der Waals surface area contributed by atoms with Crippen LogP contribution in [0.25, 0.3) is 10.9 Å². The molecule has 192 valence electrons. The van der Waals surface area contributed by atoms with Crippen LogP contribution in [0.3, 0.4) is 0 Å². The van der Waals surface area contributed by atoms with E-state index in [4.69, 9.17) is 0 Å². The third-order valence-electron chi connectivity index (χ3n) is 5.71. The second-order valence-electron chi connectivity index (χ2n) is 8.75. The normalized spacial score (nSPS) is 11.5. The van der Waals surface area contributed by atoms with Crippen molar-refractivity contribution < 1.29 is 22.8 Å². The average molecular weight is 526 g/mol. The monoisotopic (exact) mass is 525 g/mol. The zero-order valence-electron chi connectivity index (χ0n) is 20.4. The molecule has 2 N–H and O–H groups in total. The maximum atomic E-state index is 12.9. The molecule has 0 saturated heterocycles. The lowest BCUT2D eigenvalue weighted by Crippen LogP contribution is -2.27. The van der Waals surface area contributed by atoms with E-state index in [2.05, 4.69) is 10.6 Å². The van der Waals surface area contributed by atoms with Gasteiger partial charge in [0.15, 0.2) is 0 Å². The molecule has 0 spiro atoms. The molecule has 0 radical (unpaired) electrons. The summed E-state index contributed by atoms with van der Waals surface area (Å²) in [5, 5.41) is 6.45. The number of nitrogens with one attached hydrogen (secondary N) is 2. The Bertz CT molecular complexity index is 1430. The molecule has 0 aliphatic heterocycles. The van der Waals surface area contributed by atoms with Crippen molar-refractivity contribution in [2.45, 2.75) is 31.5 Å². The molecular formula is C28H26F3N3O2S. The largest absolute Gasteiger partial charge is 0.416 e. The third-order valence-corrected chi connectivity index (χ3v) is 6.75. The number of hydrogen-bond acceptors (Lipinski definition) is 3. The van der Waals surface area contributed by atoms with Crippen LogP contribution in [-0.4, -0.2) is 28.7 Å². The van der Waals surface area contributed by atoms with E-state index in [9.17, 15) is 22.8 Å². The van der Waals surface area contributed by atoms with Gasteiger partial charge in [0.1, 0.15) is 0 Å². The lowest BCUT2D eigenvalue weighted by molar-refractivity contribution is -0.137. The number of thioether (sulfide) groups is 1. The zero-order valence-corrected chi connectivity index (χ0v) is 21.2. The minimum Gasteiger partial charge on any atom is -0.350 e. The number of alkyl halides is 3. The predicted octanol–water partition coefficient (Wildman–Crippen LogP) is 6.44. The standard InChI is InChI=1S/C28H26F3N3O2S/c1-18-12-19(2)14-20(13-18)27(36)32-10-11-34-16-25(23-8-3-4-9-24(23)34)37-17-26(35)33-22-7-5-6-21(15-22)28(29,30)31/h3-9,12-16H,10-11,17H2,1-2H3,(H,32,36)(H,33,35). The first kappa shape index (κ1) is 26.3. The highest BCUT2D eigenvalue weighted by Gasteiger charge is 2.30. The van der Waals surface area contributed by atoms with E-state index < -0.39 is 17.6 Å². The molecule has 3 aromatic carbocycles. The van der Waals surface area contributed by atoms with Crippen LogP contribution in [0.1, 0.15) is 27.0 Å². The highest BCUT2D eigenvalue weighted by atomic mass is 32.2. The number of benzene rings is 3. The van der Waals surface area contributed by atoms with Gasteiger partial charge in [-0.1, -0.05) is 41.5 Å². The summed E-state index contributed by atoms with van der Waals surface area (Å²) in [4.78, 5) is 25.9. The van der Waals surface area contributed by atoms with Crippen LogP contribution in [0.2, 0.25) is 0 Å². The van der Waals surface area contributed by atoms with Gasteiger partial charge in [0.25, 0.3) is 5.91 Å². The van der Waals surface area contributed by atoms with Crippen LogP contribution in [0.15, 0.2) is 77.8 Å². The van der Waals surface area contributed by atoms with E-state index in [0.717, 1.165) is 39.1 Å². The van der Waals surface area contributed by atoms with Crippen molar-refractivity contribution in [2.24, 2.45) is 0 Å². The van der Waals surface area contributed by atoms with Crippen molar-refractivity contribution in [1.29, 1.82) is 0 Å². The molecule has 0 aliphatic carbocycles. The van der Waals surface area contributed by atoms with Crippen molar-refractivity contribution in [2.75, 3.05) is 17.6 Å². The summed E-state index contributed by atoms with van der Waals surface area (Å²) < 4.78 is 40.8. The summed E-state index contributed by atoms with van der Waals surface area (Å²) in [5.41, 5.74) is 2.93. The molecule has 2 amide bonds. The minimum absolute atomic E-state index is 0.0354. The first-order valence-electron chi connectivity index (χ1n) is 11.6. The van der Waals surface area contributed by atoms with Crippen molar-refractivity contribution >= 4 is 40.2 Å². The Balaban J connectivity index is 1.39. The molecule has 0 unspecified atom stereocenters. The first-order valence-corrected chi connectivity index (χ1v) is 12.6. The molecule has 0 atom stereocenters. The minimum atomic E-state index is -4.48.